The molecule has 0 aromatic heterocycles. The summed E-state index contributed by atoms with van der Waals surface area (Å²) >= 11 is 0. The SMILES string of the molecule is C=CCNC(=O)C(=O)C(CCC1CC1)NC(=O)C1C2CC(C)(C)C2CN1C(=O)C(NC(=O)NC1(CS(=O)(=O)C(C)(C)C)CCCCC1)C(C)(C)C. The molecule has 5 amide bonds. The fourth-order valence-electron chi connectivity index (χ4n) is 8.24. The van der Waals surface area contributed by atoms with Crippen molar-refractivity contribution in [3.8, 4) is 0 Å². The third kappa shape index (κ3) is 9.53. The lowest BCUT2D eigenvalue weighted by atomic mass is 9.55. The maximum absolute atomic E-state index is 14.6. The van der Waals surface area contributed by atoms with E-state index in [1.165, 1.54) is 6.08 Å². The molecule has 1 heterocycles. The van der Waals surface area contributed by atoms with Gasteiger partial charge in [0, 0.05) is 13.1 Å². The Hall–Kier alpha value is -2.96. The van der Waals surface area contributed by atoms with E-state index >= 15 is 0 Å². The number of hydrogen-bond donors (Lipinski definition) is 4. The molecule has 4 N–H and O–H groups in total. The summed E-state index contributed by atoms with van der Waals surface area (Å²) < 4.78 is 25.7. The van der Waals surface area contributed by atoms with Crippen LogP contribution in [0, 0.1) is 28.6 Å². The molecule has 51 heavy (non-hydrogen) atoms. The maximum atomic E-state index is 14.6. The van der Waals surface area contributed by atoms with Crippen LogP contribution in [0.5, 0.6) is 0 Å². The van der Waals surface area contributed by atoms with Gasteiger partial charge >= 0.3 is 6.03 Å². The molecule has 0 radical (unpaired) electrons. The van der Waals surface area contributed by atoms with Crippen LogP contribution in [0.1, 0.15) is 120 Å². The molecule has 0 spiro atoms. The van der Waals surface area contributed by atoms with E-state index in [2.05, 4.69) is 41.7 Å². The number of ketones is 1. The molecule has 0 aromatic rings. The van der Waals surface area contributed by atoms with Gasteiger partial charge in [0.15, 0.2) is 9.84 Å². The number of likely N-dealkylation sites (tertiary alicyclic amines) is 1. The number of Topliss-reactive ketones (excluding diaryl/α,β-unsaturated/α-hetero) is 1. The van der Waals surface area contributed by atoms with Gasteiger partial charge in [0.1, 0.15) is 12.1 Å². The number of fused-ring (bicyclic) bond motifs is 1. The standard InChI is InChI=1S/C38H63N5O7S/c1-10-20-39-32(46)29(44)27(17-16-24-14-15-24)40-31(45)28-25-21-37(8,9)26(25)22-43(28)33(47)30(35(2,3)4)41-34(48)42-38(18-12-11-13-19-38)23-51(49,50)36(5,6)7/h10,24-28,30H,1,11-23H2,2-9H3,(H,39,46)(H,40,45)(H2,41,42,48). The first-order valence-electron chi connectivity index (χ1n) is 18.9. The Bertz CT molecular complexity index is 1470. The lowest BCUT2D eigenvalue weighted by Gasteiger charge is -2.48. The van der Waals surface area contributed by atoms with Crippen LogP contribution >= 0.6 is 0 Å². The fourth-order valence-corrected chi connectivity index (χ4v) is 9.76. The van der Waals surface area contributed by atoms with E-state index in [4.69, 9.17) is 0 Å². The minimum absolute atomic E-state index is 0.0382. The van der Waals surface area contributed by atoms with Crippen molar-refractivity contribution in [2.45, 2.75) is 148 Å². The molecular weight excluding hydrogens is 671 g/mol. The lowest BCUT2D eigenvalue weighted by Crippen LogP contribution is -2.64. The van der Waals surface area contributed by atoms with Gasteiger partial charge in [-0.2, -0.15) is 0 Å². The zero-order chi connectivity index (χ0) is 38.2. The highest BCUT2D eigenvalue weighted by atomic mass is 32.2. The normalized spacial score (nSPS) is 25.3. The Labute approximate surface area is 305 Å². The highest BCUT2D eigenvalue weighted by molar-refractivity contribution is 7.92. The van der Waals surface area contributed by atoms with Crippen molar-refractivity contribution in [2.24, 2.45) is 28.6 Å². The van der Waals surface area contributed by atoms with Gasteiger partial charge in [-0.15, -0.1) is 6.58 Å². The Morgan fingerprint density at radius 1 is 0.961 bits per heavy atom. The summed E-state index contributed by atoms with van der Waals surface area (Å²) in [7, 11) is -3.57. The Morgan fingerprint density at radius 2 is 1.59 bits per heavy atom. The first kappa shape index (κ1) is 40.8. The van der Waals surface area contributed by atoms with Crippen LogP contribution in [0.25, 0.3) is 0 Å². The predicted molar refractivity (Wildman–Crippen MR) is 197 cm³/mol. The molecule has 1 aliphatic heterocycles. The van der Waals surface area contributed by atoms with Crippen LogP contribution in [0.15, 0.2) is 12.7 Å². The number of amides is 5. The molecule has 1 saturated heterocycles. The molecule has 0 bridgehead atoms. The van der Waals surface area contributed by atoms with Crippen LogP contribution in [0.3, 0.4) is 0 Å². The molecule has 4 fully saturated rings. The van der Waals surface area contributed by atoms with Crippen LogP contribution in [-0.4, -0.2) is 90.1 Å². The largest absolute Gasteiger partial charge is 0.346 e. The Morgan fingerprint density at radius 3 is 2.12 bits per heavy atom. The quantitative estimate of drug-likeness (QED) is 0.154. The average Bonchev–Trinajstić information content (AvgIpc) is 3.78. The van der Waals surface area contributed by atoms with Gasteiger partial charge in [0.25, 0.3) is 5.91 Å². The van der Waals surface area contributed by atoms with E-state index in [9.17, 15) is 32.4 Å². The van der Waals surface area contributed by atoms with Crippen molar-refractivity contribution in [1.29, 1.82) is 0 Å². The Balaban J connectivity index is 1.57. The topological polar surface area (TPSA) is 171 Å². The van der Waals surface area contributed by atoms with Crippen LogP contribution in [0.4, 0.5) is 4.79 Å². The number of carbonyl (C=O) groups is 5. The molecule has 12 nitrogen and oxygen atoms in total. The second-order valence-electron chi connectivity index (χ2n) is 18.5. The first-order valence-corrected chi connectivity index (χ1v) is 20.5. The number of sulfone groups is 1. The van der Waals surface area contributed by atoms with Crippen LogP contribution in [0.2, 0.25) is 0 Å². The molecule has 5 unspecified atom stereocenters. The number of hydrogen-bond acceptors (Lipinski definition) is 7. The van der Waals surface area contributed by atoms with Crippen LogP contribution in [-0.2, 0) is 29.0 Å². The summed E-state index contributed by atoms with van der Waals surface area (Å²) in [5.41, 5.74) is -1.84. The number of rotatable bonds is 14. The molecule has 0 aromatic carbocycles. The predicted octanol–water partition coefficient (Wildman–Crippen LogP) is 4.04. The van der Waals surface area contributed by atoms with E-state index in [0.717, 1.165) is 32.1 Å². The average molecular weight is 734 g/mol. The summed E-state index contributed by atoms with van der Waals surface area (Å²) in [6.45, 7) is 18.8. The van der Waals surface area contributed by atoms with Gasteiger partial charge in [0.05, 0.1) is 22.1 Å². The van der Waals surface area contributed by atoms with Crippen molar-refractivity contribution >= 4 is 39.4 Å². The summed E-state index contributed by atoms with van der Waals surface area (Å²) in [6.07, 6.45) is 8.89. The van der Waals surface area contributed by atoms with Gasteiger partial charge in [-0.3, -0.25) is 19.2 Å². The van der Waals surface area contributed by atoms with Crippen molar-refractivity contribution in [3.05, 3.63) is 12.7 Å². The minimum Gasteiger partial charge on any atom is -0.346 e. The molecule has 288 valence electrons. The van der Waals surface area contributed by atoms with E-state index < -0.39 is 73.2 Å². The highest BCUT2D eigenvalue weighted by Gasteiger charge is 2.61. The van der Waals surface area contributed by atoms with Crippen molar-refractivity contribution in [2.75, 3.05) is 18.8 Å². The van der Waals surface area contributed by atoms with Crippen molar-refractivity contribution in [3.63, 3.8) is 0 Å². The molecule has 4 rings (SSSR count). The third-order valence-electron chi connectivity index (χ3n) is 11.8. The molecule has 13 heteroatoms. The van der Waals surface area contributed by atoms with Gasteiger partial charge < -0.3 is 26.2 Å². The van der Waals surface area contributed by atoms with Crippen LogP contribution < -0.4 is 21.3 Å². The molecule has 3 saturated carbocycles. The lowest BCUT2D eigenvalue weighted by molar-refractivity contribution is -0.145. The molecular formula is C38H63N5O7S. The smallest absolute Gasteiger partial charge is 0.315 e. The van der Waals surface area contributed by atoms with E-state index in [-0.39, 0.29) is 29.5 Å². The summed E-state index contributed by atoms with van der Waals surface area (Å²) in [4.78, 5) is 70.2. The van der Waals surface area contributed by atoms with Crippen molar-refractivity contribution in [1.82, 2.24) is 26.2 Å². The second kappa shape index (κ2) is 15.2. The molecule has 3 aliphatic carbocycles. The highest BCUT2D eigenvalue weighted by Crippen LogP contribution is 2.57. The number of carbonyl (C=O) groups excluding carboxylic acids is 5. The zero-order valence-corrected chi connectivity index (χ0v) is 33.0. The van der Waals surface area contributed by atoms with Gasteiger partial charge in [-0.05, 0) is 81.5 Å². The fraction of sp³-hybridized carbons (Fsp3) is 0.816. The van der Waals surface area contributed by atoms with E-state index in [1.807, 2.05) is 20.8 Å². The maximum Gasteiger partial charge on any atom is 0.315 e. The van der Waals surface area contributed by atoms with E-state index in [1.54, 1.807) is 25.7 Å². The van der Waals surface area contributed by atoms with Crippen molar-refractivity contribution < 1.29 is 32.4 Å². The van der Waals surface area contributed by atoms with Gasteiger partial charge in [-0.25, -0.2) is 13.2 Å². The second-order valence-corrected chi connectivity index (χ2v) is 21.2. The zero-order valence-electron chi connectivity index (χ0n) is 32.2. The molecule has 4 aliphatic rings. The van der Waals surface area contributed by atoms with Gasteiger partial charge in [-0.1, -0.05) is 72.8 Å². The van der Waals surface area contributed by atoms with Gasteiger partial charge in [0.2, 0.25) is 17.6 Å². The number of nitrogens with zero attached hydrogens (tertiary/aromatic N) is 1. The molecule has 5 atom stereocenters. The summed E-state index contributed by atoms with van der Waals surface area (Å²) in [5.74, 6) is -2.20. The minimum atomic E-state index is -3.57. The summed E-state index contributed by atoms with van der Waals surface area (Å²) in [6, 6.07) is -3.55. The Kier molecular flexibility index (Phi) is 12.1. The summed E-state index contributed by atoms with van der Waals surface area (Å²) in [5, 5.41) is 11.3. The monoisotopic (exact) mass is 733 g/mol. The number of nitrogens with one attached hydrogen (secondary N) is 4. The van der Waals surface area contributed by atoms with E-state index in [0.29, 0.717) is 44.6 Å². The first-order chi connectivity index (χ1) is 23.5. The third-order valence-corrected chi connectivity index (χ3v) is 14.6. The number of urea groups is 1.